The Morgan fingerprint density at radius 3 is 2.09 bits per heavy atom. The molecule has 0 atom stereocenters. The topological polar surface area (TPSA) is 35.8 Å². The van der Waals surface area contributed by atoms with Crippen molar-refractivity contribution < 1.29 is 0 Å². The van der Waals surface area contributed by atoms with Crippen LogP contribution in [0.2, 0.25) is 0 Å². The van der Waals surface area contributed by atoms with Crippen LogP contribution in [0.15, 0.2) is 0 Å². The Hall–Kier alpha value is -0.550. The average molecular weight is 156 g/mol. The van der Waals surface area contributed by atoms with Gasteiger partial charge in [0.15, 0.2) is 0 Å². The van der Waals surface area contributed by atoms with Crippen LogP contribution in [0.3, 0.4) is 0 Å². The largest absolute Gasteiger partial charge is 0.314 e. The Morgan fingerprint density at radius 1 is 1.36 bits per heavy atom. The van der Waals surface area contributed by atoms with Crippen molar-refractivity contribution in [3.8, 4) is 6.07 Å². The second kappa shape index (κ2) is 12.2. The third kappa shape index (κ3) is 26.5. The second-order valence-electron chi connectivity index (χ2n) is 2.72. The standard InChI is InChI=1S/C6H12N2.C3H8/c1-6(2)8-5-3-4-7;1-3-2/h6,8H,3,5H2,1-2H3;3H2,1-2H3. The van der Waals surface area contributed by atoms with E-state index in [0.717, 1.165) is 6.54 Å². The fourth-order valence-corrected chi connectivity index (χ4v) is 0.417. The molecule has 1 N–H and O–H groups in total. The SMILES string of the molecule is CC(C)NCCC#N.CCC. The Bertz CT molecular complexity index is 92.2. The summed E-state index contributed by atoms with van der Waals surface area (Å²) in [6.45, 7) is 9.20. The molecule has 0 spiro atoms. The normalized spacial score (nSPS) is 8.36. The predicted octanol–water partition coefficient (Wildman–Crippen LogP) is 2.31. The number of nitrogens with zero attached hydrogens (tertiary/aromatic N) is 1. The van der Waals surface area contributed by atoms with E-state index in [9.17, 15) is 0 Å². The van der Waals surface area contributed by atoms with Crippen LogP contribution < -0.4 is 5.32 Å². The van der Waals surface area contributed by atoms with Crippen molar-refractivity contribution >= 4 is 0 Å². The van der Waals surface area contributed by atoms with Gasteiger partial charge in [-0.15, -0.1) is 0 Å². The van der Waals surface area contributed by atoms with Crippen LogP contribution in [0.5, 0.6) is 0 Å². The smallest absolute Gasteiger partial charge is 0.0635 e. The van der Waals surface area contributed by atoms with E-state index in [1.165, 1.54) is 6.42 Å². The first kappa shape index (κ1) is 13.1. The minimum absolute atomic E-state index is 0.503. The van der Waals surface area contributed by atoms with Gasteiger partial charge in [-0.25, -0.2) is 0 Å². The molecule has 0 aromatic carbocycles. The first-order valence-corrected chi connectivity index (χ1v) is 4.29. The summed E-state index contributed by atoms with van der Waals surface area (Å²) in [5.41, 5.74) is 0. The van der Waals surface area contributed by atoms with Gasteiger partial charge in [0.25, 0.3) is 0 Å². The average Bonchev–Trinajstić information content (AvgIpc) is 1.89. The molecule has 0 saturated heterocycles. The first-order chi connectivity index (χ1) is 5.18. The molecule has 2 heteroatoms. The molecular weight excluding hydrogens is 136 g/mol. The van der Waals surface area contributed by atoms with Gasteiger partial charge in [-0.2, -0.15) is 5.26 Å². The lowest BCUT2D eigenvalue weighted by Crippen LogP contribution is -2.23. The van der Waals surface area contributed by atoms with Crippen molar-refractivity contribution in [2.24, 2.45) is 0 Å². The van der Waals surface area contributed by atoms with Crippen LogP contribution in [-0.4, -0.2) is 12.6 Å². The Kier molecular flexibility index (Phi) is 14.4. The summed E-state index contributed by atoms with van der Waals surface area (Å²) in [7, 11) is 0. The van der Waals surface area contributed by atoms with E-state index < -0.39 is 0 Å². The van der Waals surface area contributed by atoms with Gasteiger partial charge in [-0.1, -0.05) is 34.1 Å². The highest BCUT2D eigenvalue weighted by Crippen LogP contribution is 1.76. The minimum Gasteiger partial charge on any atom is -0.314 e. The number of nitriles is 1. The van der Waals surface area contributed by atoms with Crippen molar-refractivity contribution in [2.45, 2.75) is 46.6 Å². The molecule has 0 fully saturated rings. The van der Waals surface area contributed by atoms with Gasteiger partial charge in [0.1, 0.15) is 0 Å². The molecule has 0 aliphatic rings. The maximum absolute atomic E-state index is 8.09. The fourth-order valence-electron chi connectivity index (χ4n) is 0.417. The summed E-state index contributed by atoms with van der Waals surface area (Å²) >= 11 is 0. The maximum atomic E-state index is 8.09. The van der Waals surface area contributed by atoms with E-state index in [4.69, 9.17) is 5.26 Å². The molecule has 0 unspecified atom stereocenters. The Morgan fingerprint density at radius 2 is 1.82 bits per heavy atom. The molecule has 2 nitrogen and oxygen atoms in total. The molecule has 0 rings (SSSR count). The molecule has 66 valence electrons. The van der Waals surface area contributed by atoms with Crippen molar-refractivity contribution in [3.05, 3.63) is 0 Å². The van der Waals surface area contributed by atoms with E-state index in [0.29, 0.717) is 12.5 Å². The Balaban J connectivity index is 0. The number of nitrogens with one attached hydrogen (secondary N) is 1. The zero-order chi connectivity index (χ0) is 9.11. The fraction of sp³-hybridized carbons (Fsp3) is 0.889. The molecule has 0 aliphatic heterocycles. The summed E-state index contributed by atoms with van der Waals surface area (Å²) in [5.74, 6) is 0. The maximum Gasteiger partial charge on any atom is 0.0635 e. The molecule has 0 aromatic rings. The quantitative estimate of drug-likeness (QED) is 0.636. The van der Waals surface area contributed by atoms with Gasteiger partial charge < -0.3 is 5.32 Å². The summed E-state index contributed by atoms with van der Waals surface area (Å²) in [6.07, 6.45) is 1.86. The van der Waals surface area contributed by atoms with Crippen LogP contribution >= 0.6 is 0 Å². The molecule has 0 saturated carbocycles. The van der Waals surface area contributed by atoms with Crippen molar-refractivity contribution in [1.82, 2.24) is 5.32 Å². The lowest BCUT2D eigenvalue weighted by molar-refractivity contribution is 0.597. The van der Waals surface area contributed by atoms with Gasteiger partial charge in [-0.05, 0) is 0 Å². The van der Waals surface area contributed by atoms with Gasteiger partial charge in [0.2, 0.25) is 0 Å². The van der Waals surface area contributed by atoms with E-state index in [-0.39, 0.29) is 0 Å². The summed E-state index contributed by atoms with van der Waals surface area (Å²) in [4.78, 5) is 0. The Labute approximate surface area is 70.6 Å². The van der Waals surface area contributed by atoms with Crippen LogP contribution in [-0.2, 0) is 0 Å². The predicted molar refractivity (Wildman–Crippen MR) is 49.3 cm³/mol. The van der Waals surface area contributed by atoms with E-state index in [1.54, 1.807) is 0 Å². The van der Waals surface area contributed by atoms with Crippen LogP contribution in [0.4, 0.5) is 0 Å². The molecule has 11 heavy (non-hydrogen) atoms. The third-order valence-electron chi connectivity index (χ3n) is 0.789. The molecule has 0 aliphatic carbocycles. The lowest BCUT2D eigenvalue weighted by atomic mass is 10.4. The highest BCUT2D eigenvalue weighted by atomic mass is 14.9. The van der Waals surface area contributed by atoms with Crippen molar-refractivity contribution in [3.63, 3.8) is 0 Å². The zero-order valence-corrected chi connectivity index (χ0v) is 8.15. The van der Waals surface area contributed by atoms with Crippen LogP contribution in [0.1, 0.15) is 40.5 Å². The lowest BCUT2D eigenvalue weighted by Gasteiger charge is -2.02. The molecule has 0 amide bonds. The highest BCUT2D eigenvalue weighted by Gasteiger charge is 1.87. The second-order valence-corrected chi connectivity index (χ2v) is 2.72. The highest BCUT2D eigenvalue weighted by molar-refractivity contribution is 4.70. The van der Waals surface area contributed by atoms with Crippen LogP contribution in [0, 0.1) is 11.3 Å². The summed E-state index contributed by atoms with van der Waals surface area (Å²) < 4.78 is 0. The number of hydrogen-bond acceptors (Lipinski definition) is 2. The molecular formula is C9H20N2. The number of rotatable bonds is 3. The van der Waals surface area contributed by atoms with Gasteiger partial charge >= 0.3 is 0 Å². The van der Waals surface area contributed by atoms with Crippen molar-refractivity contribution in [2.75, 3.05) is 6.54 Å². The van der Waals surface area contributed by atoms with Gasteiger partial charge in [-0.3, -0.25) is 0 Å². The molecule has 0 heterocycles. The summed E-state index contributed by atoms with van der Waals surface area (Å²) in [6, 6.07) is 2.56. The van der Waals surface area contributed by atoms with Gasteiger partial charge in [0, 0.05) is 19.0 Å². The van der Waals surface area contributed by atoms with Crippen molar-refractivity contribution in [1.29, 1.82) is 5.26 Å². The number of hydrogen-bond donors (Lipinski definition) is 1. The molecule has 0 bridgehead atoms. The monoisotopic (exact) mass is 156 g/mol. The van der Waals surface area contributed by atoms with Gasteiger partial charge in [0.05, 0.1) is 6.07 Å². The first-order valence-electron chi connectivity index (χ1n) is 4.29. The third-order valence-corrected chi connectivity index (χ3v) is 0.789. The zero-order valence-electron chi connectivity index (χ0n) is 8.15. The summed E-state index contributed by atoms with van der Waals surface area (Å²) in [5, 5.41) is 11.2. The van der Waals surface area contributed by atoms with E-state index in [2.05, 4.69) is 39.1 Å². The molecule has 0 radical (unpaired) electrons. The molecule has 0 aromatic heterocycles. The van der Waals surface area contributed by atoms with E-state index >= 15 is 0 Å². The minimum atomic E-state index is 0.503. The van der Waals surface area contributed by atoms with E-state index in [1.807, 2.05) is 0 Å². The van der Waals surface area contributed by atoms with Crippen LogP contribution in [0.25, 0.3) is 0 Å².